The Bertz CT molecular complexity index is 1040. The highest BCUT2D eigenvalue weighted by atomic mass is 79.9. The molecular formula is C20H19BrN2S2. The highest BCUT2D eigenvalue weighted by Crippen LogP contribution is 2.48. The average Bonchev–Trinajstić information content (AvgIpc) is 2.89. The molecule has 0 saturated carbocycles. The second-order valence-electron chi connectivity index (χ2n) is 7.10. The Morgan fingerprint density at radius 3 is 2.40 bits per heavy atom. The molecule has 0 radical (unpaired) electrons. The van der Waals surface area contributed by atoms with Crippen LogP contribution in [0.1, 0.15) is 29.9 Å². The molecule has 0 fully saturated rings. The summed E-state index contributed by atoms with van der Waals surface area (Å²) in [6.45, 7) is 8.76. The zero-order valence-corrected chi connectivity index (χ0v) is 17.8. The number of aryl methyl sites for hydroxylation is 2. The summed E-state index contributed by atoms with van der Waals surface area (Å²) in [5.74, 6) is 0. The van der Waals surface area contributed by atoms with Crippen molar-refractivity contribution in [3.63, 3.8) is 0 Å². The molecule has 1 aliphatic rings. The van der Waals surface area contributed by atoms with Crippen LogP contribution in [0.2, 0.25) is 0 Å². The minimum atomic E-state index is -0.150. The lowest BCUT2D eigenvalue weighted by Gasteiger charge is -2.33. The number of benzene rings is 2. The van der Waals surface area contributed by atoms with E-state index in [4.69, 9.17) is 12.2 Å². The van der Waals surface area contributed by atoms with Crippen molar-refractivity contribution in [1.82, 2.24) is 3.96 Å². The molecule has 0 atom stereocenters. The van der Waals surface area contributed by atoms with E-state index >= 15 is 0 Å². The van der Waals surface area contributed by atoms with Crippen molar-refractivity contribution in [3.8, 4) is 16.8 Å². The first-order chi connectivity index (χ1) is 11.8. The Hall–Kier alpha value is -1.43. The van der Waals surface area contributed by atoms with E-state index in [-0.39, 0.29) is 5.54 Å². The van der Waals surface area contributed by atoms with Crippen LogP contribution >= 0.6 is 39.7 Å². The Labute approximate surface area is 165 Å². The summed E-state index contributed by atoms with van der Waals surface area (Å²) >= 11 is 11.2. The highest BCUT2D eigenvalue weighted by molar-refractivity contribution is 9.10. The van der Waals surface area contributed by atoms with Crippen molar-refractivity contribution >= 4 is 45.4 Å². The normalized spacial score (nSPS) is 14.6. The van der Waals surface area contributed by atoms with Gasteiger partial charge in [-0.15, -0.1) is 0 Å². The van der Waals surface area contributed by atoms with E-state index < -0.39 is 0 Å². The van der Waals surface area contributed by atoms with E-state index in [1.54, 1.807) is 11.5 Å². The van der Waals surface area contributed by atoms with Gasteiger partial charge in [0.1, 0.15) is 4.64 Å². The van der Waals surface area contributed by atoms with Crippen molar-refractivity contribution in [2.24, 2.45) is 0 Å². The Morgan fingerprint density at radius 2 is 1.72 bits per heavy atom. The molecule has 1 N–H and O–H groups in total. The van der Waals surface area contributed by atoms with Crippen LogP contribution in [0.5, 0.6) is 0 Å². The number of hydrogen-bond acceptors (Lipinski definition) is 3. The predicted molar refractivity (Wildman–Crippen MR) is 114 cm³/mol. The number of nitrogens with one attached hydrogen (secondary N) is 1. The quantitative estimate of drug-likeness (QED) is 0.419. The number of aromatic nitrogens is 1. The van der Waals surface area contributed by atoms with Gasteiger partial charge in [-0.05, 0) is 75.2 Å². The summed E-state index contributed by atoms with van der Waals surface area (Å²) in [5.41, 5.74) is 7.14. The maximum atomic E-state index is 5.92. The fraction of sp³-hybridized carbons (Fsp3) is 0.250. The molecule has 0 aliphatic carbocycles. The number of hydrogen-bond donors (Lipinski definition) is 1. The van der Waals surface area contributed by atoms with Crippen molar-refractivity contribution < 1.29 is 0 Å². The molecule has 0 bridgehead atoms. The first-order valence-corrected chi connectivity index (χ1v) is 10.2. The molecule has 1 aromatic heterocycles. The van der Waals surface area contributed by atoms with Crippen molar-refractivity contribution in [2.75, 3.05) is 5.32 Å². The molecule has 2 nitrogen and oxygen atoms in total. The lowest BCUT2D eigenvalue weighted by Crippen LogP contribution is -2.30. The summed E-state index contributed by atoms with van der Waals surface area (Å²) in [4.78, 5) is 1.29. The van der Waals surface area contributed by atoms with Crippen LogP contribution in [-0.2, 0) is 5.54 Å². The fourth-order valence-electron chi connectivity index (χ4n) is 3.31. The van der Waals surface area contributed by atoms with Gasteiger partial charge in [0.2, 0.25) is 0 Å². The van der Waals surface area contributed by atoms with Crippen LogP contribution in [0, 0.1) is 18.5 Å². The van der Waals surface area contributed by atoms with E-state index in [9.17, 15) is 0 Å². The summed E-state index contributed by atoms with van der Waals surface area (Å²) in [6.07, 6.45) is 0. The van der Waals surface area contributed by atoms with Crippen molar-refractivity contribution in [3.05, 3.63) is 61.5 Å². The van der Waals surface area contributed by atoms with Gasteiger partial charge in [-0.25, -0.2) is 0 Å². The first-order valence-electron chi connectivity index (χ1n) is 8.20. The third-order valence-corrected chi connectivity index (χ3v) is 7.29. The van der Waals surface area contributed by atoms with Crippen LogP contribution in [0.3, 0.4) is 0 Å². The van der Waals surface area contributed by atoms with Crippen LogP contribution in [0.25, 0.3) is 16.8 Å². The highest BCUT2D eigenvalue weighted by Gasteiger charge is 2.34. The molecule has 0 spiro atoms. The summed E-state index contributed by atoms with van der Waals surface area (Å²) in [6, 6.07) is 12.8. The number of halogens is 1. The standard InChI is InChI=1S/C20H19BrN2S2/c1-11-9-15-16(10-12(11)2)22-20(3,4)18-17(15)19(24)23(25-18)14-7-5-13(21)6-8-14/h5-10,22H,1-4H3. The smallest absolute Gasteiger partial charge is 0.129 e. The molecule has 5 heteroatoms. The number of nitrogens with zero attached hydrogens (tertiary/aromatic N) is 1. The molecule has 25 heavy (non-hydrogen) atoms. The molecule has 2 aromatic carbocycles. The monoisotopic (exact) mass is 430 g/mol. The van der Waals surface area contributed by atoms with Crippen LogP contribution in [-0.4, -0.2) is 3.96 Å². The third kappa shape index (κ3) is 2.69. The van der Waals surface area contributed by atoms with Crippen LogP contribution in [0.4, 0.5) is 5.69 Å². The van der Waals surface area contributed by atoms with E-state index in [0.29, 0.717) is 0 Å². The Balaban J connectivity index is 2.01. The zero-order chi connectivity index (χ0) is 17.9. The van der Waals surface area contributed by atoms with E-state index in [1.807, 2.05) is 0 Å². The number of anilines is 1. The van der Waals surface area contributed by atoms with Gasteiger partial charge in [-0.1, -0.05) is 39.7 Å². The summed E-state index contributed by atoms with van der Waals surface area (Å²) in [5, 5.41) is 3.70. The lowest BCUT2D eigenvalue weighted by molar-refractivity contribution is 0.619. The molecule has 0 amide bonds. The fourth-order valence-corrected chi connectivity index (χ4v) is 5.23. The summed E-state index contributed by atoms with van der Waals surface area (Å²) < 4.78 is 4.13. The third-order valence-electron chi connectivity index (χ3n) is 4.79. The van der Waals surface area contributed by atoms with Gasteiger partial charge < -0.3 is 5.32 Å². The molecular weight excluding hydrogens is 412 g/mol. The van der Waals surface area contributed by atoms with Gasteiger partial charge in [0.05, 0.1) is 16.1 Å². The van der Waals surface area contributed by atoms with Crippen molar-refractivity contribution in [2.45, 2.75) is 33.2 Å². The molecule has 0 unspecified atom stereocenters. The van der Waals surface area contributed by atoms with E-state index in [0.717, 1.165) is 14.8 Å². The number of fused-ring (bicyclic) bond motifs is 3. The largest absolute Gasteiger partial charge is 0.375 e. The van der Waals surface area contributed by atoms with Crippen LogP contribution < -0.4 is 5.32 Å². The van der Waals surface area contributed by atoms with Crippen LogP contribution in [0.15, 0.2) is 40.9 Å². The average molecular weight is 431 g/mol. The second-order valence-corrected chi connectivity index (χ2v) is 9.36. The summed E-state index contributed by atoms with van der Waals surface area (Å²) in [7, 11) is 0. The van der Waals surface area contributed by atoms with E-state index in [1.165, 1.54) is 32.8 Å². The maximum Gasteiger partial charge on any atom is 0.129 e. The Kier molecular flexibility index (Phi) is 3.94. The first kappa shape index (κ1) is 17.0. The molecule has 0 saturated heterocycles. The Morgan fingerprint density at radius 1 is 1.08 bits per heavy atom. The van der Waals surface area contributed by atoms with Gasteiger partial charge in [-0.2, -0.15) is 0 Å². The lowest BCUT2D eigenvalue weighted by atomic mass is 9.88. The molecule has 4 rings (SSSR count). The topological polar surface area (TPSA) is 17.0 Å². The van der Waals surface area contributed by atoms with Gasteiger partial charge in [0.15, 0.2) is 0 Å². The predicted octanol–water partition coefficient (Wildman–Crippen LogP) is 6.98. The second kappa shape index (κ2) is 5.79. The minimum Gasteiger partial charge on any atom is -0.375 e. The van der Waals surface area contributed by atoms with Gasteiger partial charge in [-0.3, -0.25) is 3.96 Å². The maximum absolute atomic E-state index is 5.92. The molecule has 1 aliphatic heterocycles. The van der Waals surface area contributed by atoms with Gasteiger partial charge >= 0.3 is 0 Å². The number of rotatable bonds is 1. The van der Waals surface area contributed by atoms with Gasteiger partial charge in [0.25, 0.3) is 0 Å². The zero-order valence-electron chi connectivity index (χ0n) is 14.6. The molecule has 3 aromatic rings. The minimum absolute atomic E-state index is 0.150. The van der Waals surface area contributed by atoms with E-state index in [2.05, 4.69) is 89.3 Å². The molecule has 2 heterocycles. The van der Waals surface area contributed by atoms with Crippen molar-refractivity contribution in [1.29, 1.82) is 0 Å². The molecule has 128 valence electrons. The SMILES string of the molecule is Cc1cc2c(cc1C)-c1c(sn(-c3ccc(Br)cc3)c1=S)C(C)(C)N2. The van der Waals surface area contributed by atoms with Gasteiger partial charge in [0, 0.05) is 21.3 Å².